The Kier molecular flexibility index (Phi) is 4.95. The third-order valence-electron chi connectivity index (χ3n) is 3.35. The third-order valence-corrected chi connectivity index (χ3v) is 6.62. The van der Waals surface area contributed by atoms with Gasteiger partial charge in [-0.15, -0.1) is 11.8 Å². The van der Waals surface area contributed by atoms with Crippen LogP contribution in [0.1, 0.15) is 26.6 Å². The normalized spacial score (nSPS) is 20.5. The van der Waals surface area contributed by atoms with Crippen molar-refractivity contribution in [3.05, 3.63) is 17.1 Å². The van der Waals surface area contributed by atoms with Gasteiger partial charge >= 0.3 is 5.97 Å². The number of nitrogens with zero attached hydrogens (tertiary/aromatic N) is 3. The predicted molar refractivity (Wildman–Crippen MR) is 96.3 cm³/mol. The molecule has 1 aromatic heterocycles. The number of Topliss-reactive ketones (excluding diaryl/α,β-unsaturated/α-hetero) is 1. The summed E-state index contributed by atoms with van der Waals surface area (Å²) in [5, 5.41) is -0.604. The van der Waals surface area contributed by atoms with Crippen LogP contribution in [0.2, 0.25) is 0 Å². The van der Waals surface area contributed by atoms with Crippen molar-refractivity contribution in [2.45, 2.75) is 43.0 Å². The van der Waals surface area contributed by atoms with Gasteiger partial charge in [0.25, 0.3) is 11.7 Å². The molecule has 3 rings (SSSR count). The Hall–Kier alpha value is -1.39. The number of ketones is 1. The van der Waals surface area contributed by atoms with E-state index in [4.69, 9.17) is 4.74 Å². The standard InChI is InChI=1S/C15H17N3O4S3/c1-7-16-14(25-17-7)24-6-8-5-23-12-10(19)11(20)18(12)9(8)13(21)22-15(2,3)4/h12H,5-6H2,1-4H3/t12-/m1/s1. The summed E-state index contributed by atoms with van der Waals surface area (Å²) in [5.41, 5.74) is 0.294. The second-order valence-corrected chi connectivity index (χ2v) is 9.60. The molecule has 7 nitrogen and oxygen atoms in total. The van der Waals surface area contributed by atoms with E-state index < -0.39 is 28.6 Å². The molecule has 1 fully saturated rings. The number of hydrogen-bond donors (Lipinski definition) is 0. The Morgan fingerprint density at radius 2 is 2.12 bits per heavy atom. The molecule has 3 heterocycles. The molecule has 0 radical (unpaired) electrons. The summed E-state index contributed by atoms with van der Waals surface area (Å²) in [7, 11) is 0. The Labute approximate surface area is 157 Å². The molecule has 2 aliphatic rings. The summed E-state index contributed by atoms with van der Waals surface area (Å²) < 4.78 is 10.4. The fraction of sp³-hybridized carbons (Fsp3) is 0.533. The van der Waals surface area contributed by atoms with Crippen molar-refractivity contribution in [1.29, 1.82) is 0 Å². The minimum absolute atomic E-state index is 0.206. The maximum absolute atomic E-state index is 12.7. The highest BCUT2D eigenvalue weighted by Crippen LogP contribution is 2.40. The van der Waals surface area contributed by atoms with Crippen LogP contribution in [0.15, 0.2) is 15.6 Å². The molecule has 0 spiro atoms. The van der Waals surface area contributed by atoms with E-state index in [9.17, 15) is 14.4 Å². The zero-order valence-electron chi connectivity index (χ0n) is 14.2. The van der Waals surface area contributed by atoms with E-state index in [-0.39, 0.29) is 5.70 Å². The van der Waals surface area contributed by atoms with Crippen LogP contribution in [0.3, 0.4) is 0 Å². The second-order valence-electron chi connectivity index (χ2n) is 6.55. The number of amides is 1. The van der Waals surface area contributed by atoms with Crippen LogP contribution >= 0.6 is 35.1 Å². The van der Waals surface area contributed by atoms with Gasteiger partial charge in [-0.3, -0.25) is 14.5 Å². The average molecular weight is 400 g/mol. The smallest absolute Gasteiger partial charge is 0.355 e. The van der Waals surface area contributed by atoms with Crippen LogP contribution in [0.25, 0.3) is 0 Å². The lowest BCUT2D eigenvalue weighted by atomic mass is 10.1. The number of carbonyl (C=O) groups is 3. The number of aryl methyl sites for hydroxylation is 1. The van der Waals surface area contributed by atoms with Crippen molar-refractivity contribution >= 4 is 52.7 Å². The van der Waals surface area contributed by atoms with Crippen LogP contribution in [-0.4, -0.2) is 54.4 Å². The van der Waals surface area contributed by atoms with Gasteiger partial charge in [-0.05, 0) is 44.8 Å². The van der Waals surface area contributed by atoms with Crippen molar-refractivity contribution < 1.29 is 19.1 Å². The average Bonchev–Trinajstić information content (AvgIpc) is 2.95. The van der Waals surface area contributed by atoms with E-state index in [0.29, 0.717) is 17.3 Å². The Bertz CT molecular complexity index is 781. The summed E-state index contributed by atoms with van der Waals surface area (Å²) >= 11 is 4.11. The van der Waals surface area contributed by atoms with Gasteiger partial charge in [-0.2, -0.15) is 4.37 Å². The molecule has 0 bridgehead atoms. The minimum atomic E-state index is -0.684. The van der Waals surface area contributed by atoms with E-state index in [2.05, 4.69) is 9.36 Å². The van der Waals surface area contributed by atoms with Crippen molar-refractivity contribution in [3.63, 3.8) is 0 Å². The van der Waals surface area contributed by atoms with Gasteiger partial charge in [0, 0.05) is 11.5 Å². The summed E-state index contributed by atoms with van der Waals surface area (Å²) in [5.74, 6) is 0.0171. The van der Waals surface area contributed by atoms with Crippen LogP contribution in [-0.2, 0) is 19.1 Å². The molecule has 2 aliphatic heterocycles. The number of β-lactam (4-membered cyclic amide) rings is 1. The molecule has 134 valence electrons. The van der Waals surface area contributed by atoms with E-state index in [1.165, 1.54) is 40.0 Å². The summed E-state index contributed by atoms with van der Waals surface area (Å²) in [4.78, 5) is 41.9. The van der Waals surface area contributed by atoms with Crippen molar-refractivity contribution in [1.82, 2.24) is 14.3 Å². The topological polar surface area (TPSA) is 89.5 Å². The largest absolute Gasteiger partial charge is 0.455 e. The SMILES string of the molecule is Cc1nsc(SCC2=C(C(=O)OC(C)(C)C)N3C(=O)C(=O)[C@H]3SC2)n1. The van der Waals surface area contributed by atoms with Gasteiger partial charge in [-0.1, -0.05) is 11.8 Å². The van der Waals surface area contributed by atoms with Crippen molar-refractivity contribution in [2.75, 3.05) is 11.5 Å². The molecule has 10 heteroatoms. The lowest BCUT2D eigenvalue weighted by Crippen LogP contribution is -2.62. The Balaban J connectivity index is 1.87. The summed E-state index contributed by atoms with van der Waals surface area (Å²) in [6.45, 7) is 7.11. The third kappa shape index (κ3) is 3.75. The minimum Gasteiger partial charge on any atom is -0.455 e. The molecule has 0 saturated carbocycles. The lowest BCUT2D eigenvalue weighted by Gasteiger charge is -2.43. The monoisotopic (exact) mass is 399 g/mol. The van der Waals surface area contributed by atoms with E-state index in [1.807, 2.05) is 6.92 Å². The number of aromatic nitrogens is 2. The fourth-order valence-electron chi connectivity index (χ4n) is 2.33. The zero-order chi connectivity index (χ0) is 18.4. The number of rotatable bonds is 4. The van der Waals surface area contributed by atoms with Crippen LogP contribution in [0.5, 0.6) is 0 Å². The Morgan fingerprint density at radius 3 is 2.72 bits per heavy atom. The maximum Gasteiger partial charge on any atom is 0.355 e. The van der Waals surface area contributed by atoms with Gasteiger partial charge in [0.2, 0.25) is 0 Å². The highest BCUT2D eigenvalue weighted by Gasteiger charge is 2.53. The molecule has 0 N–H and O–H groups in total. The molecule has 25 heavy (non-hydrogen) atoms. The molecule has 1 amide bonds. The van der Waals surface area contributed by atoms with E-state index in [1.54, 1.807) is 20.8 Å². The molecule has 1 saturated heterocycles. The number of thioether (sulfide) groups is 2. The number of ether oxygens (including phenoxy) is 1. The second kappa shape index (κ2) is 6.73. The first-order valence-electron chi connectivity index (χ1n) is 7.55. The summed E-state index contributed by atoms with van der Waals surface area (Å²) in [6.07, 6.45) is 0. The predicted octanol–water partition coefficient (Wildman–Crippen LogP) is 2.02. The quantitative estimate of drug-likeness (QED) is 0.329. The molecular formula is C15H17N3O4S3. The van der Waals surface area contributed by atoms with Crippen LogP contribution < -0.4 is 0 Å². The van der Waals surface area contributed by atoms with Gasteiger partial charge in [0.05, 0.1) is 0 Å². The molecule has 0 aromatic carbocycles. The highest BCUT2D eigenvalue weighted by molar-refractivity contribution is 8.02. The Morgan fingerprint density at radius 1 is 1.40 bits per heavy atom. The van der Waals surface area contributed by atoms with Gasteiger partial charge < -0.3 is 4.74 Å². The molecule has 1 atom stereocenters. The van der Waals surface area contributed by atoms with Crippen molar-refractivity contribution in [2.24, 2.45) is 0 Å². The van der Waals surface area contributed by atoms with Crippen molar-refractivity contribution in [3.8, 4) is 0 Å². The molecular weight excluding hydrogens is 382 g/mol. The summed E-state index contributed by atoms with van der Waals surface area (Å²) in [6, 6.07) is 0. The number of carbonyl (C=O) groups excluding carboxylic acids is 3. The fourth-order valence-corrected chi connectivity index (χ4v) is 5.32. The first-order chi connectivity index (χ1) is 11.7. The highest BCUT2D eigenvalue weighted by atomic mass is 32.2. The van der Waals surface area contributed by atoms with Crippen LogP contribution in [0.4, 0.5) is 0 Å². The molecule has 0 unspecified atom stereocenters. The first-order valence-corrected chi connectivity index (χ1v) is 10.4. The number of fused-ring (bicyclic) bond motifs is 1. The number of esters is 1. The number of hydrogen-bond acceptors (Lipinski definition) is 9. The maximum atomic E-state index is 12.7. The molecule has 0 aliphatic carbocycles. The van der Waals surface area contributed by atoms with Gasteiger partial charge in [-0.25, -0.2) is 9.78 Å². The van der Waals surface area contributed by atoms with Gasteiger partial charge in [0.1, 0.15) is 17.1 Å². The van der Waals surface area contributed by atoms with Crippen LogP contribution in [0, 0.1) is 6.92 Å². The van der Waals surface area contributed by atoms with E-state index in [0.717, 1.165) is 9.91 Å². The lowest BCUT2D eigenvalue weighted by molar-refractivity contribution is -0.161. The van der Waals surface area contributed by atoms with E-state index >= 15 is 0 Å². The first kappa shape index (κ1) is 18.4. The molecule has 1 aromatic rings. The van der Waals surface area contributed by atoms with Gasteiger partial charge in [0.15, 0.2) is 9.71 Å². The zero-order valence-corrected chi connectivity index (χ0v) is 16.6.